The second-order valence-electron chi connectivity index (χ2n) is 10.1. The van der Waals surface area contributed by atoms with Crippen LogP contribution in [-0.4, -0.2) is 37.1 Å². The summed E-state index contributed by atoms with van der Waals surface area (Å²) in [5.41, 5.74) is -0.968. The second kappa shape index (κ2) is 15.7. The highest BCUT2D eigenvalue weighted by molar-refractivity contribution is 6.47. The van der Waals surface area contributed by atoms with E-state index in [2.05, 4.69) is 0 Å². The van der Waals surface area contributed by atoms with Gasteiger partial charge in [0.15, 0.2) is 11.5 Å². The Balaban J connectivity index is 2.39. The van der Waals surface area contributed by atoms with E-state index in [1.165, 1.54) is 0 Å². The number of benzene rings is 2. The van der Waals surface area contributed by atoms with Crippen LogP contribution >= 0.6 is 69.6 Å². The van der Waals surface area contributed by atoms with E-state index >= 15 is 0 Å². The number of carbonyl (C=O) groups is 4. The summed E-state index contributed by atoms with van der Waals surface area (Å²) in [6.45, 7) is 11.5. The van der Waals surface area contributed by atoms with Gasteiger partial charge in [-0.25, -0.2) is 19.2 Å². The maximum atomic E-state index is 12.9. The minimum absolute atomic E-state index is 0.0109. The molecule has 0 radical (unpaired) electrons. The van der Waals surface area contributed by atoms with Gasteiger partial charge in [-0.05, 0) is 35.8 Å². The van der Waals surface area contributed by atoms with Crippen molar-refractivity contribution in [3.8, 4) is 11.5 Å². The number of hydrogen-bond donors (Lipinski definition) is 0. The first kappa shape index (κ1) is 36.3. The highest BCUT2D eigenvalue weighted by Gasteiger charge is 2.32. The van der Waals surface area contributed by atoms with Gasteiger partial charge in [0.1, 0.15) is 11.1 Å². The highest BCUT2D eigenvalue weighted by atomic mass is 35.5. The van der Waals surface area contributed by atoms with Gasteiger partial charge in [0.25, 0.3) is 0 Å². The summed E-state index contributed by atoms with van der Waals surface area (Å²) in [5, 5.41) is -1.58. The summed E-state index contributed by atoms with van der Waals surface area (Å²) >= 11 is 37.0. The fourth-order valence-corrected chi connectivity index (χ4v) is 4.37. The molecule has 2 unspecified atom stereocenters. The molecule has 14 heteroatoms. The van der Waals surface area contributed by atoms with Gasteiger partial charge < -0.3 is 18.9 Å². The lowest BCUT2D eigenvalue weighted by molar-refractivity contribution is -0.156. The van der Waals surface area contributed by atoms with Crippen molar-refractivity contribution in [3.63, 3.8) is 0 Å². The van der Waals surface area contributed by atoms with Gasteiger partial charge in [-0.15, -0.1) is 0 Å². The molecule has 2 rings (SSSR count). The lowest BCUT2D eigenvalue weighted by Crippen LogP contribution is -2.28. The van der Waals surface area contributed by atoms with Crippen molar-refractivity contribution >= 4 is 93.5 Å². The maximum absolute atomic E-state index is 12.9. The number of esters is 4. The molecule has 2 aromatic rings. The first-order chi connectivity index (χ1) is 19.5. The Morgan fingerprint density at radius 1 is 0.571 bits per heavy atom. The van der Waals surface area contributed by atoms with Gasteiger partial charge in [0.05, 0.1) is 43.3 Å². The maximum Gasteiger partial charge on any atom is 0.423 e. The molecule has 230 valence electrons. The summed E-state index contributed by atoms with van der Waals surface area (Å²) in [4.78, 5) is 51.5. The standard InChI is InChI=1S/C28H28Cl6O8/c1-11(2)13(5)9-39-25(35)19-21(33)15(29)7-17(31)23(19)41-27(37)28(38)42-24-18(32)8-16(30)22(34)20(24)26(36)40-10-14(6)12(3)4/h7-8,11-14H,9-10H2,1-6H3. The summed E-state index contributed by atoms with van der Waals surface area (Å²) in [7, 11) is 0. The van der Waals surface area contributed by atoms with Gasteiger partial charge in [-0.2, -0.15) is 0 Å². The minimum atomic E-state index is -1.66. The van der Waals surface area contributed by atoms with E-state index in [1.807, 2.05) is 41.5 Å². The van der Waals surface area contributed by atoms with Gasteiger partial charge in [0.2, 0.25) is 0 Å². The summed E-state index contributed by atoms with van der Waals surface area (Å²) in [6.07, 6.45) is 0. The van der Waals surface area contributed by atoms with Crippen LogP contribution in [0.2, 0.25) is 30.1 Å². The molecule has 0 N–H and O–H groups in total. The third kappa shape index (κ3) is 9.04. The molecule has 0 aliphatic carbocycles. The van der Waals surface area contributed by atoms with E-state index in [-0.39, 0.29) is 67.0 Å². The molecular formula is C28H28Cl6O8. The molecule has 0 amide bonds. The van der Waals surface area contributed by atoms with Crippen LogP contribution in [0.15, 0.2) is 12.1 Å². The predicted molar refractivity (Wildman–Crippen MR) is 163 cm³/mol. The summed E-state index contributed by atoms with van der Waals surface area (Å²) < 4.78 is 20.9. The second-order valence-corrected chi connectivity index (χ2v) is 12.5. The summed E-state index contributed by atoms with van der Waals surface area (Å²) in [5.74, 6) is -6.17. The van der Waals surface area contributed by atoms with Crippen LogP contribution in [0.25, 0.3) is 0 Å². The van der Waals surface area contributed by atoms with Crippen molar-refractivity contribution in [2.24, 2.45) is 23.7 Å². The Kier molecular flexibility index (Phi) is 13.5. The number of ether oxygens (including phenoxy) is 4. The molecule has 0 aliphatic rings. The SMILES string of the molecule is CC(C)C(C)COC(=O)c1c(Cl)c(Cl)cc(Cl)c1OC(=O)C(=O)Oc1c(Cl)cc(Cl)c(Cl)c1C(=O)OCC(C)C(C)C. The predicted octanol–water partition coefficient (Wildman–Crippen LogP) is 9.02. The van der Waals surface area contributed by atoms with Crippen LogP contribution in [0.1, 0.15) is 62.3 Å². The molecule has 0 aromatic heterocycles. The van der Waals surface area contributed by atoms with Crippen molar-refractivity contribution in [2.75, 3.05) is 13.2 Å². The minimum Gasteiger partial charge on any atom is -0.462 e. The molecule has 0 saturated heterocycles. The van der Waals surface area contributed by atoms with Crippen molar-refractivity contribution in [3.05, 3.63) is 53.4 Å². The quantitative estimate of drug-likeness (QED) is 0.104. The van der Waals surface area contributed by atoms with E-state index < -0.39 is 46.5 Å². The molecular weight excluding hydrogens is 677 g/mol. The zero-order chi connectivity index (χ0) is 32.0. The van der Waals surface area contributed by atoms with Gasteiger partial charge in [0, 0.05) is 0 Å². The van der Waals surface area contributed by atoms with Crippen molar-refractivity contribution < 1.29 is 38.1 Å². The fraction of sp³-hybridized carbons (Fsp3) is 0.429. The molecule has 0 spiro atoms. The van der Waals surface area contributed by atoms with Crippen LogP contribution in [-0.2, 0) is 19.1 Å². The smallest absolute Gasteiger partial charge is 0.423 e. The fourth-order valence-electron chi connectivity index (χ4n) is 2.93. The molecule has 0 saturated carbocycles. The van der Waals surface area contributed by atoms with E-state index in [1.54, 1.807) is 0 Å². The van der Waals surface area contributed by atoms with Crippen LogP contribution < -0.4 is 9.47 Å². The van der Waals surface area contributed by atoms with E-state index in [4.69, 9.17) is 88.6 Å². The highest BCUT2D eigenvalue weighted by Crippen LogP contribution is 2.42. The number of carbonyl (C=O) groups excluding carboxylic acids is 4. The van der Waals surface area contributed by atoms with Crippen molar-refractivity contribution in [2.45, 2.75) is 41.5 Å². The van der Waals surface area contributed by atoms with Crippen LogP contribution in [0, 0.1) is 23.7 Å². The largest absolute Gasteiger partial charge is 0.462 e. The zero-order valence-corrected chi connectivity index (χ0v) is 27.9. The van der Waals surface area contributed by atoms with Gasteiger partial charge in [-0.1, -0.05) is 111 Å². The average molecular weight is 705 g/mol. The normalized spacial score (nSPS) is 12.6. The Hall–Kier alpha value is -1.94. The lowest BCUT2D eigenvalue weighted by atomic mass is 9.99. The monoisotopic (exact) mass is 702 g/mol. The molecule has 42 heavy (non-hydrogen) atoms. The average Bonchev–Trinajstić information content (AvgIpc) is 2.91. The molecule has 8 nitrogen and oxygen atoms in total. The first-order valence-corrected chi connectivity index (χ1v) is 14.9. The number of rotatable bonds is 10. The van der Waals surface area contributed by atoms with Crippen LogP contribution in [0.5, 0.6) is 11.5 Å². The van der Waals surface area contributed by atoms with E-state index in [0.717, 1.165) is 12.1 Å². The van der Waals surface area contributed by atoms with E-state index in [9.17, 15) is 19.2 Å². The summed E-state index contributed by atoms with van der Waals surface area (Å²) in [6, 6.07) is 2.21. The molecule has 0 bridgehead atoms. The number of halogens is 6. The van der Waals surface area contributed by atoms with Crippen molar-refractivity contribution in [1.82, 2.24) is 0 Å². The van der Waals surface area contributed by atoms with E-state index in [0.29, 0.717) is 0 Å². The molecule has 2 atom stereocenters. The molecule has 2 aromatic carbocycles. The lowest BCUT2D eigenvalue weighted by Gasteiger charge is -2.18. The molecule has 0 aliphatic heterocycles. The Morgan fingerprint density at radius 3 is 1.17 bits per heavy atom. The molecule has 0 fully saturated rings. The third-order valence-electron chi connectivity index (χ3n) is 6.45. The topological polar surface area (TPSA) is 105 Å². The Bertz CT molecular complexity index is 1270. The van der Waals surface area contributed by atoms with Gasteiger partial charge >= 0.3 is 23.9 Å². The third-order valence-corrected chi connectivity index (χ3v) is 8.58. The number of hydrogen-bond acceptors (Lipinski definition) is 8. The Labute approximate surface area is 273 Å². The first-order valence-electron chi connectivity index (χ1n) is 12.6. The van der Waals surface area contributed by atoms with Gasteiger partial charge in [-0.3, -0.25) is 0 Å². The van der Waals surface area contributed by atoms with Crippen LogP contribution in [0.3, 0.4) is 0 Å². The molecule has 0 heterocycles. The van der Waals surface area contributed by atoms with Crippen molar-refractivity contribution in [1.29, 1.82) is 0 Å². The Morgan fingerprint density at radius 2 is 0.881 bits per heavy atom. The van der Waals surface area contributed by atoms with Crippen LogP contribution in [0.4, 0.5) is 0 Å². The zero-order valence-electron chi connectivity index (χ0n) is 23.4.